The molecule has 0 aromatic heterocycles. The van der Waals surface area contributed by atoms with Gasteiger partial charge in [0.1, 0.15) is 17.7 Å². The molecule has 0 radical (unpaired) electrons. The van der Waals surface area contributed by atoms with Gasteiger partial charge in [0.15, 0.2) is 0 Å². The van der Waals surface area contributed by atoms with Crippen LogP contribution in [0.15, 0.2) is 48.5 Å². The lowest BCUT2D eigenvalue weighted by Gasteiger charge is -2.15. The molecule has 1 unspecified atom stereocenters. The van der Waals surface area contributed by atoms with Crippen molar-refractivity contribution in [3.05, 3.63) is 71.3 Å². The van der Waals surface area contributed by atoms with Crippen molar-refractivity contribution in [3.63, 3.8) is 0 Å². The Hall–Kier alpha value is -2.27. The van der Waals surface area contributed by atoms with Gasteiger partial charge < -0.3 is 5.11 Å². The lowest BCUT2D eigenvalue weighted by Crippen LogP contribution is -2.29. The van der Waals surface area contributed by atoms with E-state index in [2.05, 4.69) is 5.32 Å². The van der Waals surface area contributed by atoms with Crippen molar-refractivity contribution in [1.82, 2.24) is 5.32 Å². The van der Waals surface area contributed by atoms with Gasteiger partial charge in [-0.15, -0.1) is 0 Å². The molecular formula is C15H13F2NO2. The van der Waals surface area contributed by atoms with Gasteiger partial charge in [0.05, 0.1) is 0 Å². The van der Waals surface area contributed by atoms with Crippen LogP contribution in [0.2, 0.25) is 0 Å². The highest BCUT2D eigenvalue weighted by Crippen LogP contribution is 2.19. The summed E-state index contributed by atoms with van der Waals surface area (Å²) < 4.78 is 26.5. The first-order valence-electron chi connectivity index (χ1n) is 6.03. The summed E-state index contributed by atoms with van der Waals surface area (Å²) in [6.45, 7) is 0.272. The monoisotopic (exact) mass is 277 g/mol. The van der Waals surface area contributed by atoms with Crippen LogP contribution in [0.4, 0.5) is 8.78 Å². The summed E-state index contributed by atoms with van der Waals surface area (Å²) in [5.41, 5.74) is 0.788. The molecule has 3 nitrogen and oxygen atoms in total. The van der Waals surface area contributed by atoms with Crippen molar-refractivity contribution in [1.29, 1.82) is 0 Å². The van der Waals surface area contributed by atoms with Gasteiger partial charge in [-0.25, -0.2) is 8.78 Å². The van der Waals surface area contributed by atoms with Gasteiger partial charge in [0.2, 0.25) is 0 Å². The lowest BCUT2D eigenvalue weighted by molar-refractivity contribution is -0.139. The van der Waals surface area contributed by atoms with Gasteiger partial charge >= 0.3 is 5.97 Å². The van der Waals surface area contributed by atoms with Crippen LogP contribution in [0.1, 0.15) is 17.2 Å². The van der Waals surface area contributed by atoms with E-state index in [1.165, 1.54) is 0 Å². The Morgan fingerprint density at radius 3 is 2.45 bits per heavy atom. The third-order valence-electron chi connectivity index (χ3n) is 2.87. The maximum atomic E-state index is 13.6. The van der Waals surface area contributed by atoms with Gasteiger partial charge in [0.25, 0.3) is 0 Å². The molecule has 0 aliphatic rings. The van der Waals surface area contributed by atoms with Crippen molar-refractivity contribution in [3.8, 4) is 0 Å². The maximum absolute atomic E-state index is 13.6. The average Bonchev–Trinajstić information content (AvgIpc) is 2.42. The second-order valence-electron chi connectivity index (χ2n) is 4.30. The Kier molecular flexibility index (Phi) is 4.42. The van der Waals surface area contributed by atoms with E-state index in [0.29, 0.717) is 6.07 Å². The fraction of sp³-hybridized carbons (Fsp3) is 0.133. The normalized spacial score (nSPS) is 12.1. The van der Waals surface area contributed by atoms with Crippen LogP contribution >= 0.6 is 0 Å². The topological polar surface area (TPSA) is 49.3 Å². The van der Waals surface area contributed by atoms with Crippen molar-refractivity contribution < 1.29 is 18.7 Å². The molecule has 104 valence electrons. The predicted molar refractivity (Wildman–Crippen MR) is 70.0 cm³/mol. The summed E-state index contributed by atoms with van der Waals surface area (Å²) in [7, 11) is 0. The van der Waals surface area contributed by atoms with E-state index >= 15 is 0 Å². The standard InChI is InChI=1S/C15H13F2NO2/c16-11-6-7-12(13(17)8-11)14(15(19)20)18-9-10-4-2-1-3-5-10/h1-8,14,18H,9H2,(H,19,20). The fourth-order valence-corrected chi connectivity index (χ4v) is 1.88. The Bertz CT molecular complexity index is 602. The molecule has 2 rings (SSSR count). The highest BCUT2D eigenvalue weighted by molar-refractivity contribution is 5.75. The minimum absolute atomic E-state index is 0.0881. The smallest absolute Gasteiger partial charge is 0.325 e. The van der Waals surface area contributed by atoms with Crippen molar-refractivity contribution >= 4 is 5.97 Å². The zero-order chi connectivity index (χ0) is 14.5. The van der Waals surface area contributed by atoms with Crippen LogP contribution in [-0.4, -0.2) is 11.1 Å². The highest BCUT2D eigenvalue weighted by atomic mass is 19.1. The number of benzene rings is 2. The Labute approximate surface area is 114 Å². The zero-order valence-electron chi connectivity index (χ0n) is 10.5. The quantitative estimate of drug-likeness (QED) is 0.883. The molecule has 0 amide bonds. The van der Waals surface area contributed by atoms with E-state index in [4.69, 9.17) is 0 Å². The second-order valence-corrected chi connectivity index (χ2v) is 4.30. The number of hydrogen-bond acceptors (Lipinski definition) is 2. The number of rotatable bonds is 5. The van der Waals surface area contributed by atoms with Crippen molar-refractivity contribution in [2.24, 2.45) is 0 Å². The number of halogens is 2. The fourth-order valence-electron chi connectivity index (χ4n) is 1.88. The Morgan fingerprint density at radius 2 is 1.85 bits per heavy atom. The van der Waals surface area contributed by atoms with E-state index in [1.54, 1.807) is 0 Å². The molecule has 0 saturated heterocycles. The SMILES string of the molecule is O=C(O)C(NCc1ccccc1)c1ccc(F)cc1F. The summed E-state index contributed by atoms with van der Waals surface area (Å²) in [5.74, 6) is -2.83. The molecule has 0 fully saturated rings. The summed E-state index contributed by atoms with van der Waals surface area (Å²) in [6.07, 6.45) is 0. The number of hydrogen-bond donors (Lipinski definition) is 2. The van der Waals surface area contributed by atoms with E-state index in [9.17, 15) is 18.7 Å². The number of nitrogens with one attached hydrogen (secondary N) is 1. The molecule has 20 heavy (non-hydrogen) atoms. The number of aliphatic carboxylic acids is 1. The van der Waals surface area contributed by atoms with Crippen molar-refractivity contribution in [2.75, 3.05) is 0 Å². The van der Waals surface area contributed by atoms with E-state index in [0.717, 1.165) is 17.7 Å². The van der Waals surface area contributed by atoms with E-state index in [1.807, 2.05) is 30.3 Å². The van der Waals surface area contributed by atoms with Gasteiger partial charge in [-0.1, -0.05) is 36.4 Å². The molecule has 2 aromatic carbocycles. The minimum atomic E-state index is -1.23. The molecule has 0 spiro atoms. The molecule has 2 N–H and O–H groups in total. The van der Waals surface area contributed by atoms with E-state index < -0.39 is 23.6 Å². The van der Waals surface area contributed by atoms with Crippen molar-refractivity contribution in [2.45, 2.75) is 12.6 Å². The summed E-state index contributed by atoms with van der Waals surface area (Å²) in [6, 6.07) is 10.8. The zero-order valence-corrected chi connectivity index (χ0v) is 10.5. The largest absolute Gasteiger partial charge is 0.480 e. The highest BCUT2D eigenvalue weighted by Gasteiger charge is 2.22. The Morgan fingerprint density at radius 1 is 1.15 bits per heavy atom. The van der Waals surface area contributed by atoms with Crippen LogP contribution in [0.5, 0.6) is 0 Å². The van der Waals surface area contributed by atoms with Gasteiger partial charge in [-0.3, -0.25) is 10.1 Å². The van der Waals surface area contributed by atoms with Crippen LogP contribution < -0.4 is 5.32 Å². The molecule has 0 bridgehead atoms. The molecule has 1 atom stereocenters. The number of carbonyl (C=O) groups is 1. The third-order valence-corrected chi connectivity index (χ3v) is 2.87. The number of carboxylic acids is 1. The summed E-state index contributed by atoms with van der Waals surface area (Å²) >= 11 is 0. The molecule has 0 aliphatic heterocycles. The first-order valence-corrected chi connectivity index (χ1v) is 6.03. The van der Waals surface area contributed by atoms with Crippen LogP contribution in [-0.2, 0) is 11.3 Å². The molecule has 0 heterocycles. The van der Waals surface area contributed by atoms with Crippen LogP contribution in [0.25, 0.3) is 0 Å². The lowest BCUT2D eigenvalue weighted by atomic mass is 10.1. The molecule has 0 aliphatic carbocycles. The molecule has 5 heteroatoms. The maximum Gasteiger partial charge on any atom is 0.325 e. The molecular weight excluding hydrogens is 264 g/mol. The van der Waals surface area contributed by atoms with E-state index in [-0.39, 0.29) is 12.1 Å². The van der Waals surface area contributed by atoms with Gasteiger partial charge in [0, 0.05) is 18.2 Å². The van der Waals surface area contributed by atoms with Crippen LogP contribution in [0, 0.1) is 11.6 Å². The van der Waals surface area contributed by atoms with Gasteiger partial charge in [-0.05, 0) is 11.6 Å². The predicted octanol–water partition coefficient (Wildman–Crippen LogP) is 2.88. The summed E-state index contributed by atoms with van der Waals surface area (Å²) in [4.78, 5) is 11.2. The third kappa shape index (κ3) is 3.39. The second kappa shape index (κ2) is 6.25. The van der Waals surface area contributed by atoms with Gasteiger partial charge in [-0.2, -0.15) is 0 Å². The van der Waals surface area contributed by atoms with Crippen LogP contribution in [0.3, 0.4) is 0 Å². The average molecular weight is 277 g/mol. The summed E-state index contributed by atoms with van der Waals surface area (Å²) in [5, 5.41) is 11.9. The first kappa shape index (κ1) is 14.1. The number of carboxylic acid groups (broad SMARTS) is 1. The Balaban J connectivity index is 2.17. The minimum Gasteiger partial charge on any atom is -0.480 e. The first-order chi connectivity index (χ1) is 9.58. The molecule has 0 saturated carbocycles. The molecule has 2 aromatic rings.